The number of aromatic nitrogens is 2. The molecule has 1 N–H and O–H groups in total. The first-order chi connectivity index (χ1) is 13.7. The molecule has 0 radical (unpaired) electrons. The monoisotopic (exact) mass is 390 g/mol. The van der Waals surface area contributed by atoms with E-state index < -0.39 is 0 Å². The van der Waals surface area contributed by atoms with Crippen molar-refractivity contribution < 1.29 is 4.74 Å². The van der Waals surface area contributed by atoms with Gasteiger partial charge in [-0.2, -0.15) is 5.10 Å². The van der Waals surface area contributed by atoms with E-state index in [1.807, 2.05) is 35.9 Å². The lowest BCUT2D eigenvalue weighted by Gasteiger charge is -2.04. The average Bonchev–Trinajstić information content (AvgIpc) is 3.31. The minimum absolute atomic E-state index is 0.744. The molecule has 5 nitrogen and oxygen atoms in total. The number of methoxy groups -OCH3 is 1. The van der Waals surface area contributed by atoms with Crippen LogP contribution in [-0.4, -0.2) is 22.9 Å². The van der Waals surface area contributed by atoms with Crippen LogP contribution in [0.1, 0.15) is 18.2 Å². The van der Waals surface area contributed by atoms with Gasteiger partial charge >= 0.3 is 0 Å². The normalized spacial score (nSPS) is 11.4. The number of hydrazone groups is 1. The van der Waals surface area contributed by atoms with E-state index in [1.165, 1.54) is 27.9 Å². The van der Waals surface area contributed by atoms with Crippen molar-refractivity contribution in [2.45, 2.75) is 20.4 Å². The van der Waals surface area contributed by atoms with Gasteiger partial charge in [-0.1, -0.05) is 30.3 Å². The first-order valence-electron chi connectivity index (χ1n) is 9.18. The summed E-state index contributed by atoms with van der Waals surface area (Å²) in [6.07, 6.45) is 1.88. The van der Waals surface area contributed by atoms with Crippen molar-refractivity contribution in [3.05, 3.63) is 65.2 Å². The van der Waals surface area contributed by atoms with Gasteiger partial charge in [0.15, 0.2) is 0 Å². The van der Waals surface area contributed by atoms with E-state index in [1.54, 1.807) is 7.11 Å². The molecule has 28 heavy (non-hydrogen) atoms. The van der Waals surface area contributed by atoms with Crippen LogP contribution in [-0.2, 0) is 6.54 Å². The predicted molar refractivity (Wildman–Crippen MR) is 118 cm³/mol. The van der Waals surface area contributed by atoms with Crippen molar-refractivity contribution in [3.8, 4) is 17.0 Å². The quantitative estimate of drug-likeness (QED) is 0.347. The number of para-hydroxylation sites is 2. The Labute approximate surface area is 168 Å². The van der Waals surface area contributed by atoms with Crippen LogP contribution >= 0.6 is 11.3 Å². The van der Waals surface area contributed by atoms with Crippen LogP contribution in [0.15, 0.2) is 59.0 Å². The van der Waals surface area contributed by atoms with Crippen LogP contribution in [0.4, 0.5) is 5.13 Å². The Morgan fingerprint density at radius 3 is 2.79 bits per heavy atom. The molecule has 0 unspecified atom stereocenters. The molecule has 0 aliphatic rings. The van der Waals surface area contributed by atoms with Gasteiger partial charge in [0.25, 0.3) is 0 Å². The van der Waals surface area contributed by atoms with E-state index in [-0.39, 0.29) is 0 Å². The summed E-state index contributed by atoms with van der Waals surface area (Å²) in [5, 5.41) is 8.41. The number of thiazole rings is 1. The summed E-state index contributed by atoms with van der Waals surface area (Å²) in [6, 6.07) is 16.3. The lowest BCUT2D eigenvalue weighted by molar-refractivity contribution is 0.416. The minimum Gasteiger partial charge on any atom is -0.496 e. The standard InChI is InChI=1S/C22H22N4OS/c1-4-26-15(2)18(16-9-5-7-11-20(16)26)13-23-25-22-24-19(14-28-22)17-10-6-8-12-21(17)27-3/h5-14H,4H2,1-3H3,(H,24,25)/b23-13-. The fourth-order valence-electron chi connectivity index (χ4n) is 3.49. The Kier molecular flexibility index (Phi) is 5.12. The maximum atomic E-state index is 5.43. The van der Waals surface area contributed by atoms with E-state index in [0.29, 0.717) is 0 Å². The molecule has 2 heterocycles. The molecule has 142 valence electrons. The minimum atomic E-state index is 0.744. The average molecular weight is 391 g/mol. The van der Waals surface area contributed by atoms with Crippen LogP contribution in [0.5, 0.6) is 5.75 Å². The third-order valence-corrected chi connectivity index (χ3v) is 5.58. The summed E-state index contributed by atoms with van der Waals surface area (Å²) in [4.78, 5) is 4.63. The van der Waals surface area contributed by atoms with Crippen molar-refractivity contribution >= 4 is 33.6 Å². The summed E-state index contributed by atoms with van der Waals surface area (Å²) in [6.45, 7) is 5.23. The molecule has 0 atom stereocenters. The zero-order chi connectivity index (χ0) is 19.5. The SMILES string of the molecule is CCn1c(C)c(/C=N\Nc2nc(-c3ccccc3OC)cs2)c2ccccc21. The number of fused-ring (bicyclic) bond motifs is 1. The Morgan fingerprint density at radius 1 is 1.18 bits per heavy atom. The van der Waals surface area contributed by atoms with Crippen molar-refractivity contribution in [1.82, 2.24) is 9.55 Å². The molecule has 0 spiro atoms. The lowest BCUT2D eigenvalue weighted by atomic mass is 10.1. The van der Waals surface area contributed by atoms with E-state index in [0.717, 1.165) is 34.2 Å². The van der Waals surface area contributed by atoms with E-state index in [9.17, 15) is 0 Å². The first kappa shape index (κ1) is 18.3. The second-order valence-corrected chi connectivity index (χ2v) is 7.23. The molecule has 4 rings (SSSR count). The predicted octanol–water partition coefficient (Wildman–Crippen LogP) is 5.55. The van der Waals surface area contributed by atoms with Crippen LogP contribution in [0, 0.1) is 6.92 Å². The van der Waals surface area contributed by atoms with Crippen molar-refractivity contribution in [2.75, 3.05) is 12.5 Å². The Morgan fingerprint density at radius 2 is 1.96 bits per heavy atom. The number of nitrogens with zero attached hydrogens (tertiary/aromatic N) is 3. The van der Waals surface area contributed by atoms with Crippen LogP contribution in [0.2, 0.25) is 0 Å². The van der Waals surface area contributed by atoms with E-state index >= 15 is 0 Å². The molecule has 2 aromatic heterocycles. The number of benzene rings is 2. The lowest BCUT2D eigenvalue weighted by Crippen LogP contribution is -1.97. The van der Waals surface area contributed by atoms with Gasteiger partial charge in [0.1, 0.15) is 5.75 Å². The summed E-state index contributed by atoms with van der Waals surface area (Å²) in [7, 11) is 1.67. The third-order valence-electron chi connectivity index (χ3n) is 4.84. The number of ether oxygens (including phenoxy) is 1. The topological polar surface area (TPSA) is 51.4 Å². The van der Waals surface area contributed by atoms with E-state index in [2.05, 4.69) is 58.2 Å². The molecule has 0 saturated heterocycles. The molecule has 2 aromatic carbocycles. The zero-order valence-electron chi connectivity index (χ0n) is 16.1. The summed E-state index contributed by atoms with van der Waals surface area (Å²) >= 11 is 1.52. The number of nitrogens with one attached hydrogen (secondary N) is 1. The molecule has 6 heteroatoms. The van der Waals surface area contributed by atoms with Gasteiger partial charge in [-0.05, 0) is 32.0 Å². The van der Waals surface area contributed by atoms with Gasteiger partial charge in [-0.3, -0.25) is 5.43 Å². The smallest absolute Gasteiger partial charge is 0.203 e. The molecular formula is C22H22N4OS. The molecule has 0 aliphatic heterocycles. The van der Waals surface area contributed by atoms with E-state index in [4.69, 9.17) is 4.74 Å². The Bertz CT molecular complexity index is 1140. The summed E-state index contributed by atoms with van der Waals surface area (Å²) in [5.41, 5.74) is 8.49. The number of anilines is 1. The highest BCUT2D eigenvalue weighted by molar-refractivity contribution is 7.14. The van der Waals surface area contributed by atoms with Crippen molar-refractivity contribution in [2.24, 2.45) is 5.10 Å². The molecule has 0 saturated carbocycles. The highest BCUT2D eigenvalue weighted by Gasteiger charge is 2.11. The molecular weight excluding hydrogens is 368 g/mol. The molecule has 0 amide bonds. The second kappa shape index (κ2) is 7.86. The van der Waals surface area contributed by atoms with Gasteiger partial charge in [0.05, 0.1) is 19.0 Å². The Hall–Kier alpha value is -3.12. The van der Waals surface area contributed by atoms with Crippen LogP contribution in [0.25, 0.3) is 22.2 Å². The fourth-order valence-corrected chi connectivity index (χ4v) is 4.14. The van der Waals surface area contributed by atoms with Gasteiger partial charge in [-0.15, -0.1) is 11.3 Å². The number of rotatable bonds is 6. The molecule has 0 bridgehead atoms. The van der Waals surface area contributed by atoms with Crippen LogP contribution < -0.4 is 10.2 Å². The largest absolute Gasteiger partial charge is 0.496 e. The summed E-state index contributed by atoms with van der Waals surface area (Å²) in [5.74, 6) is 0.811. The molecule has 0 aliphatic carbocycles. The maximum Gasteiger partial charge on any atom is 0.203 e. The summed E-state index contributed by atoms with van der Waals surface area (Å²) < 4.78 is 7.73. The molecule has 4 aromatic rings. The zero-order valence-corrected chi connectivity index (χ0v) is 17.0. The molecule has 0 fully saturated rings. The van der Waals surface area contributed by atoms with Gasteiger partial charge < -0.3 is 9.30 Å². The third kappa shape index (κ3) is 3.27. The second-order valence-electron chi connectivity index (χ2n) is 6.37. The number of hydrogen-bond acceptors (Lipinski definition) is 5. The van der Waals surface area contributed by atoms with Gasteiger partial charge in [0, 0.05) is 39.6 Å². The number of hydrogen-bond donors (Lipinski definition) is 1. The number of aryl methyl sites for hydroxylation is 1. The van der Waals surface area contributed by atoms with Crippen LogP contribution in [0.3, 0.4) is 0 Å². The Balaban J connectivity index is 1.58. The van der Waals surface area contributed by atoms with Gasteiger partial charge in [-0.25, -0.2) is 4.98 Å². The fraction of sp³-hybridized carbons (Fsp3) is 0.182. The van der Waals surface area contributed by atoms with Gasteiger partial charge in [0.2, 0.25) is 5.13 Å². The highest BCUT2D eigenvalue weighted by atomic mass is 32.1. The van der Waals surface area contributed by atoms with Crippen molar-refractivity contribution in [1.29, 1.82) is 0 Å². The maximum absolute atomic E-state index is 5.43. The highest BCUT2D eigenvalue weighted by Crippen LogP contribution is 2.32. The first-order valence-corrected chi connectivity index (χ1v) is 10.1. The van der Waals surface area contributed by atoms with Crippen molar-refractivity contribution in [3.63, 3.8) is 0 Å².